The van der Waals surface area contributed by atoms with Crippen molar-refractivity contribution in [1.29, 1.82) is 0 Å². The average molecular weight is 629 g/mol. The lowest BCUT2D eigenvalue weighted by Gasteiger charge is -2.25. The predicted molar refractivity (Wildman–Crippen MR) is 148 cm³/mol. The highest BCUT2D eigenvalue weighted by Gasteiger charge is 2.44. The number of halogens is 5. The van der Waals surface area contributed by atoms with Gasteiger partial charge in [-0.1, -0.05) is 49.2 Å². The monoisotopic (exact) mass is 628 g/mol. The van der Waals surface area contributed by atoms with E-state index in [1.165, 1.54) is 25.3 Å². The minimum atomic E-state index is -4.89. The van der Waals surface area contributed by atoms with Crippen LogP contribution in [-0.4, -0.2) is 46.4 Å². The van der Waals surface area contributed by atoms with Gasteiger partial charge in [0.15, 0.2) is 5.82 Å². The van der Waals surface area contributed by atoms with Gasteiger partial charge in [-0.25, -0.2) is 4.79 Å². The number of nitrogens with one attached hydrogen (secondary N) is 1. The molecule has 3 atom stereocenters. The van der Waals surface area contributed by atoms with Crippen molar-refractivity contribution in [2.75, 3.05) is 13.7 Å². The van der Waals surface area contributed by atoms with Crippen LogP contribution in [0.2, 0.25) is 10.0 Å². The Morgan fingerprint density at radius 2 is 1.88 bits per heavy atom. The van der Waals surface area contributed by atoms with Gasteiger partial charge in [0.2, 0.25) is 11.7 Å². The van der Waals surface area contributed by atoms with Crippen LogP contribution in [0.4, 0.5) is 13.2 Å². The van der Waals surface area contributed by atoms with Gasteiger partial charge in [-0.15, -0.1) is 10.2 Å². The van der Waals surface area contributed by atoms with E-state index in [2.05, 4.69) is 15.5 Å². The maximum atomic E-state index is 14.2. The van der Waals surface area contributed by atoms with Crippen LogP contribution in [-0.2, 0) is 25.2 Å². The van der Waals surface area contributed by atoms with Gasteiger partial charge in [0.25, 0.3) is 0 Å². The lowest BCUT2D eigenvalue weighted by Crippen LogP contribution is -2.43. The van der Waals surface area contributed by atoms with Crippen molar-refractivity contribution in [3.8, 4) is 11.4 Å². The molecule has 0 bridgehead atoms. The molecule has 14 heteroatoms. The number of esters is 1. The largest absolute Gasteiger partial charge is 0.495 e. The van der Waals surface area contributed by atoms with Crippen LogP contribution >= 0.6 is 23.2 Å². The van der Waals surface area contributed by atoms with E-state index in [4.69, 9.17) is 37.4 Å². The minimum absolute atomic E-state index is 0.0325. The molecule has 1 amide bonds. The van der Waals surface area contributed by atoms with Crippen LogP contribution in [0.5, 0.6) is 5.75 Å². The summed E-state index contributed by atoms with van der Waals surface area (Å²) in [6.07, 6.45) is -7.55. The first kappa shape index (κ1) is 31.6. The first-order valence-electron chi connectivity index (χ1n) is 13.1. The van der Waals surface area contributed by atoms with E-state index in [1.54, 1.807) is 25.1 Å². The number of carbonyl (C=O) groups is 2. The van der Waals surface area contributed by atoms with E-state index in [9.17, 15) is 22.8 Å². The van der Waals surface area contributed by atoms with Crippen LogP contribution < -0.4 is 10.1 Å². The van der Waals surface area contributed by atoms with Crippen molar-refractivity contribution in [3.05, 3.63) is 69.2 Å². The summed E-state index contributed by atoms with van der Waals surface area (Å²) in [4.78, 5) is 25.9. The fraction of sp³-hybridized carbons (Fsp3) is 0.429. The molecule has 3 aromatic rings. The number of hydrogen-bond donors (Lipinski definition) is 1. The number of amides is 1. The van der Waals surface area contributed by atoms with Gasteiger partial charge in [0.05, 0.1) is 30.8 Å². The molecular formula is C28H29Cl2F3N4O5. The molecule has 0 saturated carbocycles. The van der Waals surface area contributed by atoms with Crippen LogP contribution in [0.15, 0.2) is 36.4 Å². The number of alkyl halides is 3. The zero-order valence-electron chi connectivity index (χ0n) is 23.2. The maximum Gasteiger partial charge on any atom is 0.452 e. The fourth-order valence-corrected chi connectivity index (χ4v) is 5.26. The third kappa shape index (κ3) is 6.66. The van der Waals surface area contributed by atoms with E-state index >= 15 is 0 Å². The number of nitrogens with zero attached hydrogens (tertiary/aromatic N) is 3. The van der Waals surface area contributed by atoms with Gasteiger partial charge in [0.1, 0.15) is 24.0 Å². The summed E-state index contributed by atoms with van der Waals surface area (Å²) < 4.78 is 60.2. The second-order valence-electron chi connectivity index (χ2n) is 9.99. The second kappa shape index (κ2) is 12.9. The number of ether oxygens (including phenoxy) is 3. The van der Waals surface area contributed by atoms with E-state index in [1.807, 2.05) is 13.8 Å². The third-order valence-corrected chi connectivity index (χ3v) is 7.16. The highest BCUT2D eigenvalue weighted by atomic mass is 35.5. The highest BCUT2D eigenvalue weighted by molar-refractivity contribution is 6.33. The molecule has 4 rings (SSSR count). The third-order valence-electron chi connectivity index (χ3n) is 6.52. The molecular weight excluding hydrogens is 600 g/mol. The van der Waals surface area contributed by atoms with Crippen LogP contribution in [0, 0.1) is 5.92 Å². The number of methoxy groups -OCH3 is 1. The van der Waals surface area contributed by atoms with Crippen LogP contribution in [0.3, 0.4) is 0 Å². The summed E-state index contributed by atoms with van der Waals surface area (Å²) >= 11 is 12.9. The van der Waals surface area contributed by atoms with E-state index in [0.717, 1.165) is 4.57 Å². The molecule has 226 valence electrons. The van der Waals surface area contributed by atoms with Gasteiger partial charge in [-0.3, -0.25) is 9.36 Å². The molecule has 9 nitrogen and oxygen atoms in total. The standard InChI is InChI=1S/C28H29Cl2F3N4O5/c1-5-41-26(39)18(11-14(2)3)34-22(38)13-21-25-35-36-27(28(31,32)33)37(25)19-10-9-15(29)12-17(19)24(42-21)16-7-6-8-20(40-4)23(16)30/h6-10,12,14,18,21,24H,5,11,13H2,1-4H3,(H,34,38)/t18-,21-,24-/m0/s1. The van der Waals surface area contributed by atoms with Gasteiger partial charge in [0, 0.05) is 16.1 Å². The van der Waals surface area contributed by atoms with E-state index in [0.29, 0.717) is 11.3 Å². The number of fused-ring (bicyclic) bond motifs is 3. The van der Waals surface area contributed by atoms with Crippen molar-refractivity contribution in [1.82, 2.24) is 20.1 Å². The van der Waals surface area contributed by atoms with Gasteiger partial charge in [-0.05, 0) is 43.5 Å². The molecule has 0 saturated heterocycles. The maximum absolute atomic E-state index is 14.2. The fourth-order valence-electron chi connectivity index (χ4n) is 4.78. The Bertz CT molecular complexity index is 1460. The quantitative estimate of drug-likeness (QED) is 0.279. The van der Waals surface area contributed by atoms with E-state index in [-0.39, 0.29) is 46.1 Å². The van der Waals surface area contributed by atoms with Gasteiger partial charge < -0.3 is 19.5 Å². The first-order chi connectivity index (χ1) is 19.8. The minimum Gasteiger partial charge on any atom is -0.495 e. The van der Waals surface area contributed by atoms with Gasteiger partial charge in [-0.2, -0.15) is 13.2 Å². The molecule has 42 heavy (non-hydrogen) atoms. The van der Waals surface area contributed by atoms with Crippen LogP contribution in [0.1, 0.15) is 68.6 Å². The Morgan fingerprint density at radius 1 is 1.14 bits per heavy atom. The number of hydrogen-bond acceptors (Lipinski definition) is 7. The number of aromatic nitrogens is 3. The molecule has 1 N–H and O–H groups in total. The molecule has 0 unspecified atom stereocenters. The molecule has 1 aromatic heterocycles. The second-order valence-corrected chi connectivity index (χ2v) is 10.8. The smallest absolute Gasteiger partial charge is 0.452 e. The molecule has 0 radical (unpaired) electrons. The SMILES string of the molecule is CCOC(=O)[C@H](CC(C)C)NC(=O)C[C@@H]1O[C@@H](c2cccc(OC)c2Cl)c2cc(Cl)ccc2-n2c1nnc2C(F)(F)F. The molecule has 0 spiro atoms. The Morgan fingerprint density at radius 3 is 2.52 bits per heavy atom. The summed E-state index contributed by atoms with van der Waals surface area (Å²) in [5.74, 6) is -2.52. The lowest BCUT2D eigenvalue weighted by molar-refractivity contribution is -0.148. The molecule has 1 aliphatic heterocycles. The highest BCUT2D eigenvalue weighted by Crippen LogP contribution is 2.46. The number of rotatable bonds is 9. The normalized spacial score (nSPS) is 17.2. The Kier molecular flexibility index (Phi) is 9.69. The molecule has 0 fully saturated rings. The summed E-state index contributed by atoms with van der Waals surface area (Å²) in [7, 11) is 1.42. The van der Waals surface area contributed by atoms with Crippen molar-refractivity contribution >= 4 is 35.1 Å². The van der Waals surface area contributed by atoms with Crippen molar-refractivity contribution < 1.29 is 37.0 Å². The summed E-state index contributed by atoms with van der Waals surface area (Å²) in [5.41, 5.74) is 0.639. The topological polar surface area (TPSA) is 105 Å². The molecule has 1 aliphatic rings. The summed E-state index contributed by atoms with van der Waals surface area (Å²) in [5, 5.41) is 10.3. The van der Waals surface area contributed by atoms with Gasteiger partial charge >= 0.3 is 12.1 Å². The Labute approximate surface area is 250 Å². The van der Waals surface area contributed by atoms with Crippen molar-refractivity contribution in [2.24, 2.45) is 5.92 Å². The predicted octanol–water partition coefficient (Wildman–Crippen LogP) is 6.25. The zero-order chi connectivity index (χ0) is 30.8. The van der Waals surface area contributed by atoms with E-state index < -0.39 is 48.5 Å². The summed E-state index contributed by atoms with van der Waals surface area (Å²) in [6.45, 7) is 5.50. The number of benzene rings is 2. The Hall–Kier alpha value is -3.35. The van der Waals surface area contributed by atoms with Crippen molar-refractivity contribution in [3.63, 3.8) is 0 Å². The number of carbonyl (C=O) groups excluding carboxylic acids is 2. The lowest BCUT2D eigenvalue weighted by atomic mass is 9.99. The zero-order valence-corrected chi connectivity index (χ0v) is 24.7. The van der Waals surface area contributed by atoms with Crippen LogP contribution in [0.25, 0.3) is 5.69 Å². The molecule has 2 heterocycles. The first-order valence-corrected chi connectivity index (χ1v) is 13.9. The summed E-state index contributed by atoms with van der Waals surface area (Å²) in [6, 6.07) is 8.22. The van der Waals surface area contributed by atoms with Crippen molar-refractivity contribution in [2.45, 2.75) is 58.0 Å². The Balaban J connectivity index is 1.84. The average Bonchev–Trinajstić information content (AvgIpc) is 3.32. The molecule has 2 aromatic carbocycles. The molecule has 0 aliphatic carbocycles.